The van der Waals surface area contributed by atoms with Crippen molar-refractivity contribution >= 4 is 51.1 Å². The fraction of sp³-hybridized carbons (Fsp3) is 0.312. The number of para-hydroxylation sites is 1. The first-order valence-electron chi connectivity index (χ1n) is 7.50. The van der Waals surface area contributed by atoms with Gasteiger partial charge in [0.25, 0.3) is 0 Å². The molecule has 0 radical (unpaired) electrons. The van der Waals surface area contributed by atoms with Crippen molar-refractivity contribution in [3.05, 3.63) is 46.8 Å². The van der Waals surface area contributed by atoms with E-state index in [9.17, 15) is 8.42 Å². The number of nitrogens with two attached hydrogens (primary N) is 1. The van der Waals surface area contributed by atoms with E-state index in [4.69, 9.17) is 10.5 Å². The van der Waals surface area contributed by atoms with E-state index >= 15 is 0 Å². The quantitative estimate of drug-likeness (QED) is 0.388. The Morgan fingerprint density at radius 2 is 2.12 bits per heavy atom. The largest absolute Gasteiger partial charge is 0.493 e. The van der Waals surface area contributed by atoms with Crippen LogP contribution in [0.2, 0.25) is 0 Å². The van der Waals surface area contributed by atoms with Gasteiger partial charge in [-0.15, -0.1) is 35.3 Å². The molecule has 1 aliphatic rings. The van der Waals surface area contributed by atoms with Crippen molar-refractivity contribution in [3.8, 4) is 5.75 Å². The van der Waals surface area contributed by atoms with Crippen molar-refractivity contribution in [2.45, 2.75) is 23.2 Å². The summed E-state index contributed by atoms with van der Waals surface area (Å²) in [5.74, 6) is 1.20. The van der Waals surface area contributed by atoms with Gasteiger partial charge in [-0.2, -0.15) is 0 Å². The molecule has 1 atom stereocenters. The highest BCUT2D eigenvalue weighted by molar-refractivity contribution is 14.0. The normalized spacial score (nSPS) is 17.2. The second kappa shape index (κ2) is 8.37. The number of rotatable bonds is 4. The van der Waals surface area contributed by atoms with Gasteiger partial charge in [0.2, 0.25) is 0 Å². The molecule has 3 rings (SSSR count). The molecule has 136 valence electrons. The summed E-state index contributed by atoms with van der Waals surface area (Å²) >= 11 is 1.22. The van der Waals surface area contributed by atoms with E-state index in [1.54, 1.807) is 12.1 Å². The van der Waals surface area contributed by atoms with Gasteiger partial charge < -0.3 is 15.8 Å². The molecule has 0 amide bonds. The molecule has 9 heteroatoms. The van der Waals surface area contributed by atoms with Crippen molar-refractivity contribution in [1.29, 1.82) is 0 Å². The Labute approximate surface area is 168 Å². The van der Waals surface area contributed by atoms with Gasteiger partial charge >= 0.3 is 0 Å². The summed E-state index contributed by atoms with van der Waals surface area (Å²) in [5.41, 5.74) is 7.05. The number of fused-ring (bicyclic) bond motifs is 1. The Bertz CT molecular complexity index is 865. The van der Waals surface area contributed by atoms with Gasteiger partial charge in [-0.1, -0.05) is 18.2 Å². The van der Waals surface area contributed by atoms with Crippen molar-refractivity contribution in [2.24, 2.45) is 10.7 Å². The number of guanidine groups is 1. The van der Waals surface area contributed by atoms with Crippen molar-refractivity contribution in [1.82, 2.24) is 5.32 Å². The number of halogens is 1. The summed E-state index contributed by atoms with van der Waals surface area (Å²) in [4.78, 5) is 5.17. The molecular weight excluding hydrogens is 473 g/mol. The minimum Gasteiger partial charge on any atom is -0.493 e. The van der Waals surface area contributed by atoms with E-state index in [1.165, 1.54) is 17.6 Å². The van der Waals surface area contributed by atoms with Crippen LogP contribution in [-0.4, -0.2) is 27.2 Å². The topological polar surface area (TPSA) is 93.8 Å². The summed E-state index contributed by atoms with van der Waals surface area (Å²) in [6, 6.07) is 11.3. The number of aliphatic imine (C=N–C) groups is 1. The highest BCUT2D eigenvalue weighted by Crippen LogP contribution is 2.31. The number of ether oxygens (including phenoxy) is 1. The number of hydrogen-bond acceptors (Lipinski definition) is 5. The Kier molecular flexibility index (Phi) is 6.69. The number of nitrogens with one attached hydrogen (secondary N) is 1. The van der Waals surface area contributed by atoms with Gasteiger partial charge in [0.1, 0.15) is 9.96 Å². The minimum absolute atomic E-state index is 0. The smallest absolute Gasteiger partial charge is 0.189 e. The van der Waals surface area contributed by atoms with Gasteiger partial charge in [0.05, 0.1) is 19.2 Å². The molecule has 2 aromatic rings. The molecule has 0 spiro atoms. The Balaban J connectivity index is 0.00000225. The van der Waals surface area contributed by atoms with E-state index in [-0.39, 0.29) is 30.0 Å². The molecule has 0 aliphatic carbocycles. The van der Waals surface area contributed by atoms with Crippen LogP contribution in [-0.2, 0) is 16.4 Å². The molecule has 1 aliphatic heterocycles. The van der Waals surface area contributed by atoms with Crippen molar-refractivity contribution < 1.29 is 13.2 Å². The zero-order valence-electron chi connectivity index (χ0n) is 13.6. The van der Waals surface area contributed by atoms with Crippen LogP contribution in [0.1, 0.15) is 22.9 Å². The molecule has 1 unspecified atom stereocenters. The van der Waals surface area contributed by atoms with E-state index in [0.29, 0.717) is 23.3 Å². The lowest BCUT2D eigenvalue weighted by molar-refractivity contribution is 0.262. The number of benzene rings is 1. The first-order valence-corrected chi connectivity index (χ1v) is 10.2. The maximum absolute atomic E-state index is 11.5. The minimum atomic E-state index is -3.17. The van der Waals surface area contributed by atoms with Crippen molar-refractivity contribution in [2.75, 3.05) is 12.9 Å². The maximum Gasteiger partial charge on any atom is 0.189 e. The van der Waals surface area contributed by atoms with Crippen LogP contribution in [0, 0.1) is 0 Å². The first kappa shape index (κ1) is 20.0. The molecule has 6 nitrogen and oxygen atoms in total. The number of sulfone groups is 1. The lowest BCUT2D eigenvalue weighted by Crippen LogP contribution is -2.37. The summed E-state index contributed by atoms with van der Waals surface area (Å²) in [7, 11) is -3.17. The highest BCUT2D eigenvalue weighted by atomic mass is 127. The molecule has 0 fully saturated rings. The van der Waals surface area contributed by atoms with Crippen LogP contribution in [0.4, 0.5) is 0 Å². The number of hydrogen-bond donors (Lipinski definition) is 2. The zero-order chi connectivity index (χ0) is 17.2. The first-order chi connectivity index (χ1) is 11.4. The Morgan fingerprint density at radius 3 is 2.84 bits per heavy atom. The van der Waals surface area contributed by atoms with E-state index in [2.05, 4.69) is 10.3 Å². The molecule has 0 saturated heterocycles. The van der Waals surface area contributed by atoms with Gasteiger partial charge in [-0.3, -0.25) is 0 Å². The van der Waals surface area contributed by atoms with Crippen LogP contribution in [0.15, 0.2) is 45.6 Å². The fourth-order valence-electron chi connectivity index (χ4n) is 2.52. The monoisotopic (exact) mass is 493 g/mol. The average Bonchev–Trinajstić information content (AvgIpc) is 3.03. The van der Waals surface area contributed by atoms with Crippen molar-refractivity contribution in [3.63, 3.8) is 0 Å². The third-order valence-electron chi connectivity index (χ3n) is 3.69. The molecule has 1 aromatic carbocycles. The van der Waals surface area contributed by atoms with Gasteiger partial charge in [0, 0.05) is 23.1 Å². The SMILES string of the molecule is CS(=O)(=O)c1ccc(CN=C(N)NC2CCOc3ccccc32)s1.I. The highest BCUT2D eigenvalue weighted by Gasteiger charge is 2.21. The summed E-state index contributed by atoms with van der Waals surface area (Å²) in [5, 5.41) is 3.22. The maximum atomic E-state index is 11.5. The molecule has 3 N–H and O–H groups in total. The molecule has 0 saturated carbocycles. The standard InChI is InChI=1S/C16H19N3O3S2.HI/c1-24(20,21)15-7-6-11(23-15)10-18-16(17)19-13-8-9-22-14-5-3-2-4-12(13)14;/h2-7,13H,8-10H2,1H3,(H3,17,18,19);1H. The van der Waals surface area contributed by atoms with Crippen LogP contribution in [0.25, 0.3) is 0 Å². The van der Waals surface area contributed by atoms with E-state index in [0.717, 1.165) is 22.6 Å². The number of nitrogens with zero attached hydrogens (tertiary/aromatic N) is 1. The predicted molar refractivity (Wildman–Crippen MR) is 111 cm³/mol. The third kappa shape index (κ3) is 5.08. The third-order valence-corrected chi connectivity index (χ3v) is 6.58. The second-order valence-electron chi connectivity index (χ2n) is 5.57. The van der Waals surface area contributed by atoms with E-state index in [1.807, 2.05) is 24.3 Å². The Hall–Kier alpha value is -1.33. The zero-order valence-corrected chi connectivity index (χ0v) is 17.6. The summed E-state index contributed by atoms with van der Waals surface area (Å²) < 4.78 is 28.9. The molecule has 2 heterocycles. The Morgan fingerprint density at radius 1 is 1.36 bits per heavy atom. The average molecular weight is 493 g/mol. The van der Waals surface area contributed by atoms with Crippen LogP contribution in [0.5, 0.6) is 5.75 Å². The van der Waals surface area contributed by atoms with Crippen LogP contribution >= 0.6 is 35.3 Å². The van der Waals surface area contributed by atoms with E-state index < -0.39 is 9.84 Å². The van der Waals surface area contributed by atoms with Crippen LogP contribution in [0.3, 0.4) is 0 Å². The number of thiophene rings is 1. The molecule has 1 aromatic heterocycles. The predicted octanol–water partition coefficient (Wildman–Crippen LogP) is 2.70. The molecule has 0 bridgehead atoms. The molecule has 25 heavy (non-hydrogen) atoms. The summed E-state index contributed by atoms with van der Waals surface area (Å²) in [6.45, 7) is 0.981. The second-order valence-corrected chi connectivity index (χ2v) is 8.98. The fourth-order valence-corrected chi connectivity index (χ4v) is 4.42. The molecular formula is C16H20IN3O3S2. The van der Waals surface area contributed by atoms with Gasteiger partial charge in [0.15, 0.2) is 15.8 Å². The lowest BCUT2D eigenvalue weighted by Gasteiger charge is -2.26. The van der Waals surface area contributed by atoms with Gasteiger partial charge in [-0.25, -0.2) is 13.4 Å². The summed E-state index contributed by atoms with van der Waals surface area (Å²) in [6.07, 6.45) is 2.01. The van der Waals surface area contributed by atoms with Crippen LogP contribution < -0.4 is 15.8 Å². The van der Waals surface area contributed by atoms with Gasteiger partial charge in [-0.05, 0) is 18.2 Å². The lowest BCUT2D eigenvalue weighted by atomic mass is 10.0.